The van der Waals surface area contributed by atoms with Crippen molar-refractivity contribution in [3.8, 4) is 0 Å². The zero-order valence-corrected chi connectivity index (χ0v) is 10.7. The van der Waals surface area contributed by atoms with Gasteiger partial charge in [-0.05, 0) is 30.5 Å². The van der Waals surface area contributed by atoms with Crippen molar-refractivity contribution < 1.29 is 9.90 Å². The lowest BCUT2D eigenvalue weighted by Crippen LogP contribution is -2.31. The van der Waals surface area contributed by atoms with E-state index >= 15 is 0 Å². The molecule has 0 aliphatic rings. The number of aromatic carboxylic acids is 1. The van der Waals surface area contributed by atoms with Crippen molar-refractivity contribution in [2.75, 3.05) is 11.1 Å². The van der Waals surface area contributed by atoms with E-state index in [0.717, 1.165) is 0 Å². The minimum absolute atomic E-state index is 0.0527. The van der Waals surface area contributed by atoms with E-state index in [2.05, 4.69) is 26.1 Å². The quantitative estimate of drug-likeness (QED) is 0.705. The number of hydrogen-bond donors (Lipinski definition) is 3. The van der Waals surface area contributed by atoms with Crippen LogP contribution in [-0.2, 0) is 0 Å². The average Bonchev–Trinajstić information content (AvgIpc) is 2.18. The van der Waals surface area contributed by atoms with Crippen LogP contribution in [0.2, 0.25) is 0 Å². The van der Waals surface area contributed by atoms with Gasteiger partial charge in [0, 0.05) is 17.4 Å². The number of nitrogens with two attached hydrogens (primary N) is 1. The summed E-state index contributed by atoms with van der Waals surface area (Å²) < 4.78 is 0. The second-order valence-corrected chi connectivity index (χ2v) is 5.34. The molecule has 0 amide bonds. The van der Waals surface area contributed by atoms with Gasteiger partial charge >= 0.3 is 5.97 Å². The van der Waals surface area contributed by atoms with Crippen LogP contribution < -0.4 is 11.1 Å². The van der Waals surface area contributed by atoms with Crippen LogP contribution in [0.15, 0.2) is 18.2 Å². The highest BCUT2D eigenvalue weighted by atomic mass is 16.4. The lowest BCUT2D eigenvalue weighted by atomic mass is 9.88. The third-order valence-corrected chi connectivity index (χ3v) is 2.95. The SMILES string of the molecule is CC(Nc1ccc(N)cc1C(=O)O)C(C)(C)C. The van der Waals surface area contributed by atoms with Gasteiger partial charge in [-0.2, -0.15) is 0 Å². The molecule has 0 aliphatic carbocycles. The Hall–Kier alpha value is -1.71. The van der Waals surface area contributed by atoms with E-state index in [9.17, 15) is 4.79 Å². The first-order chi connectivity index (χ1) is 7.71. The van der Waals surface area contributed by atoms with Crippen LogP contribution in [0, 0.1) is 5.41 Å². The molecular weight excluding hydrogens is 216 g/mol. The zero-order chi connectivity index (χ0) is 13.2. The Balaban J connectivity index is 3.03. The first kappa shape index (κ1) is 13.4. The molecule has 1 aromatic carbocycles. The predicted molar refractivity (Wildman–Crippen MR) is 70.4 cm³/mol. The lowest BCUT2D eigenvalue weighted by molar-refractivity contribution is 0.0698. The summed E-state index contributed by atoms with van der Waals surface area (Å²) in [5.41, 5.74) is 6.91. The molecule has 0 aliphatic heterocycles. The fourth-order valence-corrected chi connectivity index (χ4v) is 1.31. The van der Waals surface area contributed by atoms with Gasteiger partial charge in [0.05, 0.1) is 5.56 Å². The summed E-state index contributed by atoms with van der Waals surface area (Å²) in [6.45, 7) is 8.33. The monoisotopic (exact) mass is 236 g/mol. The molecule has 0 heterocycles. The molecule has 1 unspecified atom stereocenters. The van der Waals surface area contributed by atoms with Crippen LogP contribution in [0.3, 0.4) is 0 Å². The minimum atomic E-state index is -0.971. The van der Waals surface area contributed by atoms with Crippen molar-refractivity contribution in [3.63, 3.8) is 0 Å². The summed E-state index contributed by atoms with van der Waals surface area (Å²) in [5, 5.41) is 12.3. The van der Waals surface area contributed by atoms with Gasteiger partial charge in [0.1, 0.15) is 0 Å². The van der Waals surface area contributed by atoms with E-state index in [-0.39, 0.29) is 17.0 Å². The first-order valence-corrected chi connectivity index (χ1v) is 5.61. The number of nitrogen functional groups attached to an aromatic ring is 1. The number of anilines is 2. The summed E-state index contributed by atoms with van der Waals surface area (Å²) in [5.74, 6) is -0.971. The molecule has 0 saturated heterocycles. The van der Waals surface area contributed by atoms with Gasteiger partial charge in [0.2, 0.25) is 0 Å². The van der Waals surface area contributed by atoms with Gasteiger partial charge in [-0.25, -0.2) is 4.79 Å². The Morgan fingerprint density at radius 1 is 1.41 bits per heavy atom. The van der Waals surface area contributed by atoms with E-state index in [4.69, 9.17) is 10.8 Å². The van der Waals surface area contributed by atoms with Gasteiger partial charge < -0.3 is 16.2 Å². The number of carboxylic acid groups (broad SMARTS) is 1. The maximum atomic E-state index is 11.1. The average molecular weight is 236 g/mol. The Morgan fingerprint density at radius 3 is 2.47 bits per heavy atom. The molecular formula is C13H20N2O2. The molecule has 0 radical (unpaired) electrons. The maximum Gasteiger partial charge on any atom is 0.337 e. The fourth-order valence-electron chi connectivity index (χ4n) is 1.31. The highest BCUT2D eigenvalue weighted by molar-refractivity contribution is 5.95. The normalized spacial score (nSPS) is 13.2. The van der Waals surface area contributed by atoms with Crippen LogP contribution in [0.25, 0.3) is 0 Å². The summed E-state index contributed by atoms with van der Waals surface area (Å²) in [6.07, 6.45) is 0. The molecule has 0 bridgehead atoms. The van der Waals surface area contributed by atoms with Crippen molar-refractivity contribution in [1.82, 2.24) is 0 Å². The third-order valence-electron chi connectivity index (χ3n) is 2.95. The summed E-state index contributed by atoms with van der Waals surface area (Å²) in [6, 6.07) is 5.04. The summed E-state index contributed by atoms with van der Waals surface area (Å²) in [4.78, 5) is 11.1. The van der Waals surface area contributed by atoms with Crippen molar-refractivity contribution in [1.29, 1.82) is 0 Å². The molecule has 1 aromatic rings. The van der Waals surface area contributed by atoms with Crippen LogP contribution in [0.4, 0.5) is 11.4 Å². The molecule has 4 heteroatoms. The van der Waals surface area contributed by atoms with Crippen molar-refractivity contribution >= 4 is 17.3 Å². The maximum absolute atomic E-state index is 11.1. The van der Waals surface area contributed by atoms with Crippen LogP contribution in [-0.4, -0.2) is 17.1 Å². The van der Waals surface area contributed by atoms with Gasteiger partial charge in [0.15, 0.2) is 0 Å². The molecule has 0 spiro atoms. The molecule has 94 valence electrons. The Bertz CT molecular complexity index is 422. The van der Waals surface area contributed by atoms with Gasteiger partial charge in [-0.1, -0.05) is 20.8 Å². The number of hydrogen-bond acceptors (Lipinski definition) is 3. The van der Waals surface area contributed by atoms with E-state index in [1.807, 2.05) is 6.92 Å². The van der Waals surface area contributed by atoms with Gasteiger partial charge in [-0.3, -0.25) is 0 Å². The Kier molecular flexibility index (Phi) is 3.66. The molecule has 1 atom stereocenters. The smallest absolute Gasteiger partial charge is 0.337 e. The predicted octanol–water partition coefficient (Wildman–Crippen LogP) is 2.81. The highest BCUT2D eigenvalue weighted by Gasteiger charge is 2.21. The van der Waals surface area contributed by atoms with Crippen molar-refractivity contribution in [2.45, 2.75) is 33.7 Å². The number of benzene rings is 1. The van der Waals surface area contributed by atoms with Crippen LogP contribution >= 0.6 is 0 Å². The molecule has 0 fully saturated rings. The van der Waals surface area contributed by atoms with E-state index in [1.165, 1.54) is 6.07 Å². The molecule has 17 heavy (non-hydrogen) atoms. The topological polar surface area (TPSA) is 75.3 Å². The largest absolute Gasteiger partial charge is 0.478 e. The lowest BCUT2D eigenvalue weighted by Gasteiger charge is -2.29. The number of carbonyl (C=O) groups is 1. The van der Waals surface area contributed by atoms with E-state index in [1.54, 1.807) is 12.1 Å². The van der Waals surface area contributed by atoms with Crippen molar-refractivity contribution in [3.05, 3.63) is 23.8 Å². The number of nitrogens with one attached hydrogen (secondary N) is 1. The Labute approximate surface area is 102 Å². The number of rotatable bonds is 3. The number of carboxylic acids is 1. The molecule has 4 nitrogen and oxygen atoms in total. The first-order valence-electron chi connectivity index (χ1n) is 5.61. The summed E-state index contributed by atoms with van der Waals surface area (Å²) in [7, 11) is 0. The molecule has 0 saturated carbocycles. The van der Waals surface area contributed by atoms with E-state index in [0.29, 0.717) is 11.4 Å². The van der Waals surface area contributed by atoms with Gasteiger partial charge in [0.25, 0.3) is 0 Å². The molecule has 1 rings (SSSR count). The standard InChI is InChI=1S/C13H20N2O2/c1-8(13(2,3)4)15-11-6-5-9(14)7-10(11)12(16)17/h5-8,15H,14H2,1-4H3,(H,16,17). The minimum Gasteiger partial charge on any atom is -0.478 e. The fraction of sp³-hybridized carbons (Fsp3) is 0.462. The van der Waals surface area contributed by atoms with E-state index < -0.39 is 5.97 Å². The summed E-state index contributed by atoms with van der Waals surface area (Å²) >= 11 is 0. The molecule has 0 aromatic heterocycles. The second kappa shape index (κ2) is 4.65. The van der Waals surface area contributed by atoms with Crippen molar-refractivity contribution in [2.24, 2.45) is 5.41 Å². The third kappa shape index (κ3) is 3.37. The second-order valence-electron chi connectivity index (χ2n) is 5.34. The van der Waals surface area contributed by atoms with Crippen LogP contribution in [0.5, 0.6) is 0 Å². The highest BCUT2D eigenvalue weighted by Crippen LogP contribution is 2.26. The Morgan fingerprint density at radius 2 is 2.00 bits per heavy atom. The zero-order valence-electron chi connectivity index (χ0n) is 10.7. The molecule has 4 N–H and O–H groups in total. The van der Waals surface area contributed by atoms with Crippen LogP contribution in [0.1, 0.15) is 38.1 Å². The van der Waals surface area contributed by atoms with Gasteiger partial charge in [-0.15, -0.1) is 0 Å².